The Morgan fingerprint density at radius 3 is 2.40 bits per heavy atom. The Morgan fingerprint density at radius 2 is 1.70 bits per heavy atom. The van der Waals surface area contributed by atoms with Crippen LogP contribution in [0.1, 0.15) is 11.1 Å². The summed E-state index contributed by atoms with van der Waals surface area (Å²) in [6, 6.07) is 17.3. The molecule has 0 aromatic heterocycles. The Hall–Kier alpha value is -1.95. The van der Waals surface area contributed by atoms with E-state index >= 15 is 0 Å². The van der Waals surface area contributed by atoms with Gasteiger partial charge in [0.1, 0.15) is 0 Å². The molecule has 4 heteroatoms. The molecule has 0 unspecified atom stereocenters. The molecule has 2 aromatic carbocycles. The molecule has 3 rings (SSSR count). The number of esters is 1. The number of hydrogen-bond acceptors (Lipinski definition) is 3. The number of carbonyl (C=O) groups excluding carboxylic acids is 1. The van der Waals surface area contributed by atoms with Crippen molar-refractivity contribution in [1.82, 2.24) is 0 Å². The van der Waals surface area contributed by atoms with Crippen molar-refractivity contribution in [3.8, 4) is 0 Å². The lowest BCUT2D eigenvalue weighted by Gasteiger charge is -1.98. The molecule has 0 bridgehead atoms. The lowest BCUT2D eigenvalue weighted by Crippen LogP contribution is -2.05. The van der Waals surface area contributed by atoms with Crippen LogP contribution in [0.3, 0.4) is 0 Å². The first-order valence-corrected chi connectivity index (χ1v) is 7.14. The minimum atomic E-state index is -0.414. The minimum absolute atomic E-state index is 0.324. The molecule has 98 valence electrons. The zero-order valence-corrected chi connectivity index (χ0v) is 12.6. The van der Waals surface area contributed by atoms with Gasteiger partial charge in [-0.2, -0.15) is 0 Å². The molecule has 1 aliphatic rings. The smallest absolute Gasteiger partial charge is 0.363 e. The third kappa shape index (κ3) is 2.80. The van der Waals surface area contributed by atoms with E-state index in [9.17, 15) is 4.79 Å². The molecule has 0 atom stereocenters. The van der Waals surface area contributed by atoms with Gasteiger partial charge in [-0.05, 0) is 58.5 Å². The summed E-state index contributed by atoms with van der Waals surface area (Å²) in [5.41, 5.74) is 2.05. The molecular formula is C16H10INO2. The van der Waals surface area contributed by atoms with Crippen LogP contribution in [0.5, 0.6) is 0 Å². The third-order valence-corrected chi connectivity index (χ3v) is 3.53. The van der Waals surface area contributed by atoms with Crippen LogP contribution < -0.4 is 0 Å². The van der Waals surface area contributed by atoms with E-state index < -0.39 is 5.97 Å². The van der Waals surface area contributed by atoms with Crippen molar-refractivity contribution in [3.63, 3.8) is 0 Å². The van der Waals surface area contributed by atoms with Crippen molar-refractivity contribution >= 4 is 40.5 Å². The molecule has 1 heterocycles. The second-order valence-corrected chi connectivity index (χ2v) is 5.50. The van der Waals surface area contributed by atoms with Crippen LogP contribution in [-0.2, 0) is 9.53 Å². The van der Waals surface area contributed by atoms with Crippen molar-refractivity contribution < 1.29 is 9.53 Å². The molecular weight excluding hydrogens is 365 g/mol. The summed E-state index contributed by atoms with van der Waals surface area (Å²) < 4.78 is 6.33. The van der Waals surface area contributed by atoms with Crippen molar-refractivity contribution in [1.29, 1.82) is 0 Å². The summed E-state index contributed by atoms with van der Waals surface area (Å²) >= 11 is 2.22. The number of halogens is 1. The number of aliphatic imine (C=N–C) groups is 1. The fourth-order valence-electron chi connectivity index (χ4n) is 1.83. The van der Waals surface area contributed by atoms with Crippen molar-refractivity contribution in [2.75, 3.05) is 0 Å². The first-order valence-electron chi connectivity index (χ1n) is 6.06. The fourth-order valence-corrected chi connectivity index (χ4v) is 2.19. The van der Waals surface area contributed by atoms with E-state index in [0.717, 1.165) is 14.7 Å². The largest absolute Gasteiger partial charge is 0.402 e. The Kier molecular flexibility index (Phi) is 3.64. The zero-order chi connectivity index (χ0) is 13.9. The summed E-state index contributed by atoms with van der Waals surface area (Å²) in [6.07, 6.45) is 1.72. The van der Waals surface area contributed by atoms with Crippen molar-refractivity contribution in [2.24, 2.45) is 4.99 Å². The van der Waals surface area contributed by atoms with E-state index in [4.69, 9.17) is 4.74 Å². The highest BCUT2D eigenvalue weighted by Gasteiger charge is 2.23. The molecule has 0 N–H and O–H groups in total. The van der Waals surface area contributed by atoms with E-state index in [0.29, 0.717) is 11.6 Å². The van der Waals surface area contributed by atoms with E-state index in [2.05, 4.69) is 27.6 Å². The van der Waals surface area contributed by atoms with Gasteiger partial charge >= 0.3 is 5.97 Å². The van der Waals surface area contributed by atoms with Gasteiger partial charge in [-0.25, -0.2) is 9.79 Å². The van der Waals surface area contributed by atoms with Gasteiger partial charge in [0, 0.05) is 9.13 Å². The molecule has 0 aliphatic carbocycles. The highest BCUT2D eigenvalue weighted by atomic mass is 127. The summed E-state index contributed by atoms with van der Waals surface area (Å²) in [6.45, 7) is 0. The average molecular weight is 375 g/mol. The van der Waals surface area contributed by atoms with Gasteiger partial charge in [0.25, 0.3) is 0 Å². The van der Waals surface area contributed by atoms with E-state index in [1.807, 2.05) is 54.6 Å². The molecule has 0 amide bonds. The Bertz CT molecular complexity index is 703. The number of rotatable bonds is 2. The zero-order valence-electron chi connectivity index (χ0n) is 10.4. The SMILES string of the molecule is O=C1OC(c2ccc(I)cc2)=N/C1=C\c1ccccc1. The monoisotopic (exact) mass is 375 g/mol. The normalized spacial score (nSPS) is 16.1. The first kappa shape index (κ1) is 13.1. The Morgan fingerprint density at radius 1 is 1.00 bits per heavy atom. The second kappa shape index (κ2) is 5.58. The van der Waals surface area contributed by atoms with Gasteiger partial charge < -0.3 is 4.74 Å². The van der Waals surface area contributed by atoms with E-state index in [1.54, 1.807) is 6.08 Å². The lowest BCUT2D eigenvalue weighted by molar-refractivity contribution is -0.129. The van der Waals surface area contributed by atoms with Crippen LogP contribution in [0.4, 0.5) is 0 Å². The molecule has 0 radical (unpaired) electrons. The van der Waals surface area contributed by atoms with Gasteiger partial charge in [-0.3, -0.25) is 0 Å². The third-order valence-electron chi connectivity index (χ3n) is 2.81. The number of cyclic esters (lactones) is 1. The number of ether oxygens (including phenoxy) is 1. The number of benzene rings is 2. The lowest BCUT2D eigenvalue weighted by atomic mass is 10.2. The van der Waals surface area contributed by atoms with Gasteiger partial charge in [-0.1, -0.05) is 30.3 Å². The number of carbonyl (C=O) groups is 1. The van der Waals surface area contributed by atoms with Crippen LogP contribution in [0, 0.1) is 3.57 Å². The van der Waals surface area contributed by atoms with E-state index in [-0.39, 0.29) is 0 Å². The predicted molar refractivity (Wildman–Crippen MR) is 86.2 cm³/mol. The van der Waals surface area contributed by atoms with Gasteiger partial charge in [-0.15, -0.1) is 0 Å². The Balaban J connectivity index is 1.93. The summed E-state index contributed by atoms with van der Waals surface area (Å²) in [5, 5.41) is 0. The fraction of sp³-hybridized carbons (Fsp3) is 0. The molecule has 0 saturated heterocycles. The maximum absolute atomic E-state index is 11.8. The van der Waals surface area contributed by atoms with Crippen LogP contribution in [-0.4, -0.2) is 11.9 Å². The van der Waals surface area contributed by atoms with Crippen LogP contribution in [0.2, 0.25) is 0 Å². The molecule has 3 nitrogen and oxygen atoms in total. The summed E-state index contributed by atoms with van der Waals surface area (Å²) in [7, 11) is 0. The van der Waals surface area contributed by atoms with Crippen LogP contribution in [0.25, 0.3) is 6.08 Å². The summed E-state index contributed by atoms with van der Waals surface area (Å²) in [5.74, 6) is -0.0593. The number of hydrogen-bond donors (Lipinski definition) is 0. The van der Waals surface area contributed by atoms with Gasteiger partial charge in [0.05, 0.1) is 0 Å². The second-order valence-electron chi connectivity index (χ2n) is 4.25. The highest BCUT2D eigenvalue weighted by molar-refractivity contribution is 14.1. The van der Waals surface area contributed by atoms with E-state index in [1.165, 1.54) is 0 Å². The standard InChI is InChI=1S/C16H10INO2/c17-13-8-6-12(7-9-13)15-18-14(16(19)20-15)10-11-4-2-1-3-5-11/h1-10H/b14-10-. The number of nitrogens with zero attached hydrogens (tertiary/aromatic N) is 1. The molecule has 1 aliphatic heterocycles. The first-order chi connectivity index (χ1) is 9.72. The minimum Gasteiger partial charge on any atom is -0.402 e. The van der Waals surface area contributed by atoms with Crippen LogP contribution >= 0.6 is 22.6 Å². The average Bonchev–Trinajstić information content (AvgIpc) is 2.82. The quantitative estimate of drug-likeness (QED) is 0.457. The predicted octanol–water partition coefficient (Wildman–Crippen LogP) is 3.64. The Labute approximate surface area is 130 Å². The molecule has 20 heavy (non-hydrogen) atoms. The maximum atomic E-state index is 11.8. The summed E-state index contributed by atoms with van der Waals surface area (Å²) in [4.78, 5) is 16.1. The molecule has 0 fully saturated rings. The highest BCUT2D eigenvalue weighted by Crippen LogP contribution is 2.19. The molecule has 0 spiro atoms. The topological polar surface area (TPSA) is 38.7 Å². The van der Waals surface area contributed by atoms with Gasteiger partial charge in [0.2, 0.25) is 5.90 Å². The molecule has 0 saturated carbocycles. The van der Waals surface area contributed by atoms with Crippen molar-refractivity contribution in [3.05, 3.63) is 75.0 Å². The maximum Gasteiger partial charge on any atom is 0.363 e. The van der Waals surface area contributed by atoms with Gasteiger partial charge in [0.15, 0.2) is 5.70 Å². The van der Waals surface area contributed by atoms with Crippen molar-refractivity contribution in [2.45, 2.75) is 0 Å². The molecule has 2 aromatic rings. The van der Waals surface area contributed by atoms with Crippen LogP contribution in [0.15, 0.2) is 65.3 Å².